The number of ether oxygens (including phenoxy) is 1. The van der Waals surface area contributed by atoms with Crippen LogP contribution in [-0.4, -0.2) is 29.8 Å². The summed E-state index contributed by atoms with van der Waals surface area (Å²) in [5, 5.41) is 12.2. The highest BCUT2D eigenvalue weighted by Crippen LogP contribution is 2.07. The Morgan fingerprint density at radius 2 is 2.43 bits per heavy atom. The van der Waals surface area contributed by atoms with Gasteiger partial charge in [-0.3, -0.25) is 0 Å². The lowest BCUT2D eigenvalue weighted by Gasteiger charge is -2.07. The fourth-order valence-corrected chi connectivity index (χ4v) is 1.10. The lowest BCUT2D eigenvalue weighted by Crippen LogP contribution is -2.23. The van der Waals surface area contributed by atoms with Crippen LogP contribution in [-0.2, 0) is 6.54 Å². The predicted octanol–water partition coefficient (Wildman–Crippen LogP) is 0.561. The fraction of sp³-hybridized carbons (Fsp3) is 0.500. The monoisotopic (exact) mass is 196 g/mol. The molecular weight excluding hydrogens is 180 g/mol. The van der Waals surface area contributed by atoms with Gasteiger partial charge in [0.15, 0.2) is 0 Å². The second-order valence-corrected chi connectivity index (χ2v) is 3.19. The first-order valence-corrected chi connectivity index (χ1v) is 4.60. The van der Waals surface area contributed by atoms with Gasteiger partial charge in [-0.1, -0.05) is 0 Å². The fourth-order valence-electron chi connectivity index (χ4n) is 1.10. The largest absolute Gasteiger partial charge is 0.481 e. The van der Waals surface area contributed by atoms with Gasteiger partial charge in [-0.05, 0) is 18.6 Å². The molecule has 1 aromatic heterocycles. The Balaban J connectivity index is 2.42. The normalized spacial score (nSPS) is 12.5. The molecule has 4 heteroatoms. The molecule has 78 valence electrons. The van der Waals surface area contributed by atoms with Gasteiger partial charge in [-0.15, -0.1) is 0 Å². The zero-order chi connectivity index (χ0) is 10.4. The van der Waals surface area contributed by atoms with Gasteiger partial charge in [0.2, 0.25) is 5.88 Å². The van der Waals surface area contributed by atoms with Crippen LogP contribution in [0.3, 0.4) is 0 Å². The average Bonchev–Trinajstić information content (AvgIpc) is 2.18. The minimum absolute atomic E-state index is 0.321. The summed E-state index contributed by atoms with van der Waals surface area (Å²) in [4.78, 5) is 4.00. The number of hydrogen-bond acceptors (Lipinski definition) is 4. The third kappa shape index (κ3) is 3.72. The lowest BCUT2D eigenvalue weighted by molar-refractivity contribution is 0.191. The second-order valence-electron chi connectivity index (χ2n) is 3.19. The van der Waals surface area contributed by atoms with Crippen LogP contribution in [0.2, 0.25) is 0 Å². The molecule has 0 aliphatic carbocycles. The second kappa shape index (κ2) is 5.57. The molecule has 0 amide bonds. The Labute approximate surface area is 83.9 Å². The molecule has 1 atom stereocenters. The number of aromatic nitrogens is 1. The third-order valence-electron chi connectivity index (χ3n) is 1.78. The van der Waals surface area contributed by atoms with E-state index >= 15 is 0 Å². The summed E-state index contributed by atoms with van der Waals surface area (Å²) in [6.45, 7) is 3.05. The summed E-state index contributed by atoms with van der Waals surface area (Å²) in [5.41, 5.74) is 1.09. The van der Waals surface area contributed by atoms with E-state index in [0.29, 0.717) is 19.0 Å². The molecule has 0 aromatic carbocycles. The van der Waals surface area contributed by atoms with Crippen molar-refractivity contribution in [2.45, 2.75) is 19.6 Å². The number of hydrogen-bond donors (Lipinski definition) is 2. The van der Waals surface area contributed by atoms with Crippen LogP contribution in [0.25, 0.3) is 0 Å². The van der Waals surface area contributed by atoms with Crippen LogP contribution in [0.5, 0.6) is 5.88 Å². The standard InChI is InChI=1S/C10H16N2O2/c1-8(13)6-11-7-9-3-4-12-10(5-9)14-2/h3-5,8,11,13H,6-7H2,1-2H3/t8-/m1/s1. The van der Waals surface area contributed by atoms with Crippen LogP contribution in [0.1, 0.15) is 12.5 Å². The quantitative estimate of drug-likeness (QED) is 0.722. The Kier molecular flexibility index (Phi) is 4.35. The van der Waals surface area contributed by atoms with Crippen LogP contribution >= 0.6 is 0 Å². The SMILES string of the molecule is COc1cc(CNC[C@@H](C)O)ccn1. The van der Waals surface area contributed by atoms with Crippen molar-refractivity contribution in [1.82, 2.24) is 10.3 Å². The van der Waals surface area contributed by atoms with Gasteiger partial charge >= 0.3 is 0 Å². The van der Waals surface area contributed by atoms with Crippen molar-refractivity contribution in [2.75, 3.05) is 13.7 Å². The van der Waals surface area contributed by atoms with Crippen molar-refractivity contribution in [3.63, 3.8) is 0 Å². The smallest absolute Gasteiger partial charge is 0.213 e. The molecule has 0 spiro atoms. The Hall–Kier alpha value is -1.13. The molecule has 1 rings (SSSR count). The first-order valence-electron chi connectivity index (χ1n) is 4.60. The molecule has 1 aromatic rings. The molecule has 0 radical (unpaired) electrons. The molecule has 0 saturated heterocycles. The minimum Gasteiger partial charge on any atom is -0.481 e. The van der Waals surface area contributed by atoms with Crippen molar-refractivity contribution >= 4 is 0 Å². The van der Waals surface area contributed by atoms with E-state index in [2.05, 4.69) is 10.3 Å². The van der Waals surface area contributed by atoms with Crippen LogP contribution in [0, 0.1) is 0 Å². The topological polar surface area (TPSA) is 54.4 Å². The van der Waals surface area contributed by atoms with E-state index in [4.69, 9.17) is 9.84 Å². The van der Waals surface area contributed by atoms with Crippen molar-refractivity contribution in [1.29, 1.82) is 0 Å². The molecule has 0 unspecified atom stereocenters. The molecule has 0 fully saturated rings. The number of aliphatic hydroxyl groups is 1. The van der Waals surface area contributed by atoms with Gasteiger partial charge in [0, 0.05) is 25.4 Å². The van der Waals surface area contributed by atoms with Gasteiger partial charge in [0.05, 0.1) is 13.2 Å². The van der Waals surface area contributed by atoms with Gasteiger partial charge in [-0.25, -0.2) is 4.98 Å². The summed E-state index contributed by atoms with van der Waals surface area (Å²) in [6, 6.07) is 3.78. The Morgan fingerprint density at radius 3 is 3.07 bits per heavy atom. The van der Waals surface area contributed by atoms with Gasteiger partial charge in [-0.2, -0.15) is 0 Å². The maximum Gasteiger partial charge on any atom is 0.213 e. The number of methoxy groups -OCH3 is 1. The van der Waals surface area contributed by atoms with E-state index in [9.17, 15) is 0 Å². The number of aliphatic hydroxyl groups excluding tert-OH is 1. The van der Waals surface area contributed by atoms with Crippen molar-refractivity contribution < 1.29 is 9.84 Å². The maximum atomic E-state index is 9.03. The molecule has 0 aliphatic rings. The van der Waals surface area contributed by atoms with Gasteiger partial charge < -0.3 is 15.2 Å². The third-order valence-corrected chi connectivity index (χ3v) is 1.78. The zero-order valence-corrected chi connectivity index (χ0v) is 8.53. The van der Waals surface area contributed by atoms with E-state index < -0.39 is 0 Å². The van der Waals surface area contributed by atoms with E-state index in [-0.39, 0.29) is 6.10 Å². The molecule has 1 heterocycles. The molecule has 14 heavy (non-hydrogen) atoms. The van der Waals surface area contributed by atoms with Crippen molar-refractivity contribution in [2.24, 2.45) is 0 Å². The van der Waals surface area contributed by atoms with Crippen LogP contribution in [0.4, 0.5) is 0 Å². The molecule has 0 aliphatic heterocycles. The number of pyridine rings is 1. The number of nitrogens with zero attached hydrogens (tertiary/aromatic N) is 1. The van der Waals surface area contributed by atoms with Gasteiger partial charge in [0.1, 0.15) is 0 Å². The first kappa shape index (κ1) is 10.9. The van der Waals surface area contributed by atoms with E-state index in [1.54, 1.807) is 20.2 Å². The van der Waals surface area contributed by atoms with Crippen LogP contribution < -0.4 is 10.1 Å². The molecule has 2 N–H and O–H groups in total. The molecule has 0 saturated carbocycles. The lowest BCUT2D eigenvalue weighted by atomic mass is 10.2. The molecular formula is C10H16N2O2. The maximum absolute atomic E-state index is 9.03. The van der Waals surface area contributed by atoms with Crippen molar-refractivity contribution in [3.05, 3.63) is 23.9 Å². The highest BCUT2D eigenvalue weighted by atomic mass is 16.5. The molecule has 0 bridgehead atoms. The van der Waals surface area contributed by atoms with E-state index in [1.807, 2.05) is 12.1 Å². The van der Waals surface area contributed by atoms with Crippen LogP contribution in [0.15, 0.2) is 18.3 Å². The summed E-state index contributed by atoms with van der Waals surface area (Å²) in [6.07, 6.45) is 1.39. The predicted molar refractivity (Wildman–Crippen MR) is 54.2 cm³/mol. The first-order chi connectivity index (χ1) is 6.72. The summed E-state index contributed by atoms with van der Waals surface area (Å²) in [5.74, 6) is 0.612. The highest BCUT2D eigenvalue weighted by molar-refractivity contribution is 5.20. The zero-order valence-electron chi connectivity index (χ0n) is 8.53. The Morgan fingerprint density at radius 1 is 1.64 bits per heavy atom. The van der Waals surface area contributed by atoms with Crippen molar-refractivity contribution in [3.8, 4) is 5.88 Å². The minimum atomic E-state index is -0.321. The van der Waals surface area contributed by atoms with E-state index in [0.717, 1.165) is 5.56 Å². The highest BCUT2D eigenvalue weighted by Gasteiger charge is 1.98. The average molecular weight is 196 g/mol. The Bertz CT molecular complexity index is 277. The number of nitrogens with one attached hydrogen (secondary N) is 1. The summed E-state index contributed by atoms with van der Waals surface area (Å²) in [7, 11) is 1.59. The van der Waals surface area contributed by atoms with Gasteiger partial charge in [0.25, 0.3) is 0 Å². The van der Waals surface area contributed by atoms with E-state index in [1.165, 1.54) is 0 Å². The summed E-state index contributed by atoms with van der Waals surface area (Å²) < 4.78 is 4.99. The number of rotatable bonds is 5. The summed E-state index contributed by atoms with van der Waals surface area (Å²) >= 11 is 0. The molecule has 4 nitrogen and oxygen atoms in total.